The molecule has 1 aliphatic heterocycles. The minimum atomic E-state index is -1.33. The first-order valence-electron chi connectivity index (χ1n) is 10.2. The molecule has 1 aliphatic rings. The fraction of sp³-hybridized carbons (Fsp3) is 0.650. The predicted octanol–water partition coefficient (Wildman–Crippen LogP) is 1.21. The van der Waals surface area contributed by atoms with Crippen molar-refractivity contribution in [2.75, 3.05) is 19.5 Å². The Labute approximate surface area is 185 Å². The molecule has 10 nitrogen and oxygen atoms in total. The molecule has 4 N–H and O–H groups in total. The number of thioether (sulfide) groups is 1. The number of nitro benzene ring substituents is 1. The van der Waals surface area contributed by atoms with Crippen LogP contribution in [-0.4, -0.2) is 76.3 Å². The monoisotopic (exact) mass is 458 g/mol. The third-order valence-corrected chi connectivity index (χ3v) is 6.21. The number of amides is 1. The first kappa shape index (κ1) is 25.5. The molecule has 5 unspecified atom stereocenters. The third kappa shape index (κ3) is 7.41. The van der Waals surface area contributed by atoms with Crippen LogP contribution in [0.2, 0.25) is 0 Å². The average Bonchev–Trinajstić information content (AvgIpc) is 2.76. The van der Waals surface area contributed by atoms with E-state index in [1.54, 1.807) is 18.2 Å². The molecule has 0 bridgehead atoms. The van der Waals surface area contributed by atoms with Gasteiger partial charge in [-0.3, -0.25) is 14.9 Å². The molecule has 0 radical (unpaired) electrons. The minimum absolute atomic E-state index is 0.114. The van der Waals surface area contributed by atoms with Crippen LogP contribution in [0, 0.1) is 10.1 Å². The summed E-state index contributed by atoms with van der Waals surface area (Å²) in [5, 5.41) is 43.0. The van der Waals surface area contributed by atoms with Crippen LogP contribution in [0.15, 0.2) is 29.2 Å². The zero-order valence-corrected chi connectivity index (χ0v) is 18.2. The van der Waals surface area contributed by atoms with Gasteiger partial charge in [0.15, 0.2) is 6.29 Å². The molecule has 0 spiro atoms. The van der Waals surface area contributed by atoms with Crippen molar-refractivity contribution in [3.05, 3.63) is 34.4 Å². The first-order chi connectivity index (χ1) is 14.9. The van der Waals surface area contributed by atoms with E-state index in [4.69, 9.17) is 9.47 Å². The van der Waals surface area contributed by atoms with Gasteiger partial charge in [-0.1, -0.05) is 25.0 Å². The van der Waals surface area contributed by atoms with Crippen LogP contribution in [-0.2, 0) is 14.3 Å². The first-order valence-corrected chi connectivity index (χ1v) is 11.2. The van der Waals surface area contributed by atoms with E-state index in [-0.39, 0.29) is 22.9 Å². The van der Waals surface area contributed by atoms with Crippen molar-refractivity contribution in [3.8, 4) is 0 Å². The van der Waals surface area contributed by atoms with E-state index in [2.05, 4.69) is 5.32 Å². The lowest BCUT2D eigenvalue weighted by Crippen LogP contribution is -2.64. The molecule has 1 aromatic rings. The molecule has 174 valence electrons. The second-order valence-corrected chi connectivity index (χ2v) is 8.41. The van der Waals surface area contributed by atoms with Gasteiger partial charge in [0.25, 0.3) is 5.69 Å². The summed E-state index contributed by atoms with van der Waals surface area (Å²) in [6.07, 6.45) is -1.15. The molecule has 31 heavy (non-hydrogen) atoms. The molecule has 1 heterocycles. The quantitative estimate of drug-likeness (QED) is 0.157. The van der Waals surface area contributed by atoms with Crippen molar-refractivity contribution in [2.45, 2.75) is 67.6 Å². The number of hydrogen-bond acceptors (Lipinski definition) is 9. The zero-order valence-electron chi connectivity index (χ0n) is 17.4. The lowest BCUT2D eigenvalue weighted by Gasteiger charge is -2.41. The highest BCUT2D eigenvalue weighted by Gasteiger charge is 2.45. The van der Waals surface area contributed by atoms with Gasteiger partial charge in [0.05, 0.1) is 16.4 Å². The van der Waals surface area contributed by atoms with Crippen LogP contribution < -0.4 is 5.32 Å². The third-order valence-electron chi connectivity index (χ3n) is 5.06. The standard InChI is InChI=1S/C20H30N2O8S/c1-29-20-17(19(26)18(25)14(12-23)30-20)21-16(24)10-4-2-3-7-11-31-15-9-6-5-8-13(15)22(27)28/h5-6,8-9,14,17-20,23,25-26H,2-4,7,10-12H2,1H3,(H,21,24). The van der Waals surface area contributed by atoms with E-state index in [1.807, 2.05) is 0 Å². The Morgan fingerprint density at radius 2 is 1.94 bits per heavy atom. The summed E-state index contributed by atoms with van der Waals surface area (Å²) in [6.45, 7) is -0.478. The molecule has 0 aliphatic carbocycles. The smallest absolute Gasteiger partial charge is 0.282 e. The predicted molar refractivity (Wildman–Crippen MR) is 114 cm³/mol. The summed E-state index contributed by atoms with van der Waals surface area (Å²) in [5.74, 6) is 0.459. The van der Waals surface area contributed by atoms with Gasteiger partial charge in [0, 0.05) is 19.6 Å². The molecule has 1 aromatic carbocycles. The molecule has 1 saturated heterocycles. The molecule has 2 rings (SSSR count). The van der Waals surface area contributed by atoms with E-state index >= 15 is 0 Å². The maximum absolute atomic E-state index is 12.2. The number of benzene rings is 1. The van der Waals surface area contributed by atoms with Crippen molar-refractivity contribution in [3.63, 3.8) is 0 Å². The summed E-state index contributed by atoms with van der Waals surface area (Å²) in [5.41, 5.74) is 0.114. The Bertz CT molecular complexity index is 720. The Morgan fingerprint density at radius 3 is 2.61 bits per heavy atom. The molecule has 1 fully saturated rings. The van der Waals surface area contributed by atoms with Gasteiger partial charge in [-0.05, 0) is 24.7 Å². The summed E-state index contributed by atoms with van der Waals surface area (Å²) in [6, 6.07) is 5.72. The Kier molecular flexibility index (Phi) is 10.6. The number of methoxy groups -OCH3 is 1. The molecular formula is C20H30N2O8S. The summed E-state index contributed by atoms with van der Waals surface area (Å²) in [4.78, 5) is 23.5. The number of ether oxygens (including phenoxy) is 2. The molecule has 5 atom stereocenters. The largest absolute Gasteiger partial charge is 0.394 e. The van der Waals surface area contributed by atoms with Gasteiger partial charge in [0.1, 0.15) is 24.4 Å². The van der Waals surface area contributed by atoms with Gasteiger partial charge in [0.2, 0.25) is 5.91 Å². The summed E-state index contributed by atoms with van der Waals surface area (Å²) < 4.78 is 10.5. The highest BCUT2D eigenvalue weighted by atomic mass is 32.2. The Balaban J connectivity index is 1.65. The number of hydrogen-bond donors (Lipinski definition) is 4. The fourth-order valence-corrected chi connectivity index (χ4v) is 4.38. The zero-order chi connectivity index (χ0) is 22.8. The van der Waals surface area contributed by atoms with Gasteiger partial charge in [-0.25, -0.2) is 0 Å². The number of rotatable bonds is 12. The number of nitrogens with one attached hydrogen (secondary N) is 1. The number of carbonyl (C=O) groups is 1. The Hall–Kier alpha value is -1.76. The normalized spacial score (nSPS) is 25.9. The Morgan fingerprint density at radius 1 is 1.23 bits per heavy atom. The molecule has 0 aromatic heterocycles. The lowest BCUT2D eigenvalue weighted by molar-refractivity contribution is -0.387. The van der Waals surface area contributed by atoms with Gasteiger partial charge in [-0.15, -0.1) is 11.8 Å². The van der Waals surface area contributed by atoms with Crippen molar-refractivity contribution in [1.82, 2.24) is 5.32 Å². The second kappa shape index (κ2) is 12.9. The van der Waals surface area contributed by atoms with Crippen molar-refractivity contribution >= 4 is 23.4 Å². The maximum atomic E-state index is 12.2. The van der Waals surface area contributed by atoms with Crippen LogP contribution in [0.4, 0.5) is 5.69 Å². The molecule has 11 heteroatoms. The van der Waals surface area contributed by atoms with Crippen LogP contribution in [0.5, 0.6) is 0 Å². The fourth-order valence-electron chi connectivity index (χ4n) is 3.35. The van der Waals surface area contributed by atoms with Crippen molar-refractivity contribution in [2.24, 2.45) is 0 Å². The van der Waals surface area contributed by atoms with Gasteiger partial charge in [-0.2, -0.15) is 0 Å². The lowest BCUT2D eigenvalue weighted by atomic mass is 9.96. The van der Waals surface area contributed by atoms with E-state index in [0.29, 0.717) is 11.3 Å². The number of aliphatic hydroxyl groups is 3. The number of unbranched alkanes of at least 4 members (excludes halogenated alkanes) is 3. The summed E-state index contributed by atoms with van der Waals surface area (Å²) >= 11 is 1.45. The second-order valence-electron chi connectivity index (χ2n) is 7.27. The number of nitrogens with zero attached hydrogens (tertiary/aromatic N) is 1. The van der Waals surface area contributed by atoms with E-state index < -0.39 is 37.3 Å². The summed E-state index contributed by atoms with van der Waals surface area (Å²) in [7, 11) is 1.35. The number of nitro groups is 1. The number of aliphatic hydroxyl groups excluding tert-OH is 3. The van der Waals surface area contributed by atoms with Crippen molar-refractivity contribution in [1.29, 1.82) is 0 Å². The van der Waals surface area contributed by atoms with E-state index in [0.717, 1.165) is 25.0 Å². The van der Waals surface area contributed by atoms with Gasteiger partial charge < -0.3 is 30.1 Å². The highest BCUT2D eigenvalue weighted by Crippen LogP contribution is 2.29. The average molecular weight is 459 g/mol. The number of para-hydroxylation sites is 1. The topological polar surface area (TPSA) is 151 Å². The van der Waals surface area contributed by atoms with Crippen LogP contribution >= 0.6 is 11.8 Å². The van der Waals surface area contributed by atoms with E-state index in [1.165, 1.54) is 24.9 Å². The number of carbonyl (C=O) groups excluding carboxylic acids is 1. The molecule has 0 saturated carbocycles. The van der Waals surface area contributed by atoms with Crippen LogP contribution in [0.3, 0.4) is 0 Å². The maximum Gasteiger partial charge on any atom is 0.282 e. The molecule has 1 amide bonds. The SMILES string of the molecule is COC1OC(CO)C(O)C(O)C1NC(=O)CCCCCCSc1ccccc1[N+](=O)[O-]. The van der Waals surface area contributed by atoms with E-state index in [9.17, 15) is 30.2 Å². The van der Waals surface area contributed by atoms with Crippen LogP contribution in [0.1, 0.15) is 32.1 Å². The van der Waals surface area contributed by atoms with Crippen molar-refractivity contribution < 1.29 is 34.5 Å². The highest BCUT2D eigenvalue weighted by molar-refractivity contribution is 7.99. The molecular weight excluding hydrogens is 428 g/mol. The van der Waals surface area contributed by atoms with Crippen LogP contribution in [0.25, 0.3) is 0 Å². The van der Waals surface area contributed by atoms with Gasteiger partial charge >= 0.3 is 0 Å². The minimum Gasteiger partial charge on any atom is -0.394 e.